The molecule has 0 amide bonds. The predicted molar refractivity (Wildman–Crippen MR) is 111 cm³/mol. The Labute approximate surface area is 174 Å². The fraction of sp³-hybridized carbons (Fsp3) is 0.348. The van der Waals surface area contributed by atoms with Crippen molar-refractivity contribution in [3.63, 3.8) is 0 Å². The fourth-order valence-corrected chi connectivity index (χ4v) is 4.25. The molecule has 1 saturated carbocycles. The summed E-state index contributed by atoms with van der Waals surface area (Å²) in [6.45, 7) is 0.534. The first kappa shape index (κ1) is 20.5. The third-order valence-electron chi connectivity index (χ3n) is 5.83. The van der Waals surface area contributed by atoms with Crippen molar-refractivity contribution in [2.45, 2.75) is 31.5 Å². The minimum atomic E-state index is -0.584. The van der Waals surface area contributed by atoms with Gasteiger partial charge in [0.05, 0.1) is 11.7 Å². The van der Waals surface area contributed by atoms with E-state index in [9.17, 15) is 14.6 Å². The van der Waals surface area contributed by atoms with E-state index in [2.05, 4.69) is 20.3 Å². The van der Waals surface area contributed by atoms with Crippen molar-refractivity contribution in [3.05, 3.63) is 78.1 Å². The lowest BCUT2D eigenvalue weighted by atomic mass is 9.88. The fourth-order valence-electron chi connectivity index (χ4n) is 4.25. The molecule has 0 bridgehead atoms. The van der Waals surface area contributed by atoms with Crippen LogP contribution in [0.2, 0.25) is 0 Å². The molecule has 3 N–H and O–H groups in total. The SMILES string of the molecule is OCC1C(O)CC(NCc2cccnc2)C1Cc1ccnc(-c2ccccc2F)n1. The lowest BCUT2D eigenvalue weighted by molar-refractivity contribution is 0.0716. The number of aromatic nitrogens is 3. The standard InChI is InChI=1S/C23H25FN4O2/c24-20-6-2-1-5-17(20)23-26-9-7-16(28-23)10-18-19(14-29)22(30)11-21(18)27-13-15-4-3-8-25-12-15/h1-9,12,18-19,21-22,27,29-30H,10-11,13-14H2. The van der Waals surface area contributed by atoms with Crippen molar-refractivity contribution < 1.29 is 14.6 Å². The van der Waals surface area contributed by atoms with Crippen LogP contribution in [-0.4, -0.2) is 43.9 Å². The van der Waals surface area contributed by atoms with Crippen LogP contribution < -0.4 is 5.32 Å². The molecule has 0 saturated heterocycles. The summed E-state index contributed by atoms with van der Waals surface area (Å²) in [4.78, 5) is 12.9. The maximum Gasteiger partial charge on any atom is 0.162 e. The topological polar surface area (TPSA) is 91.2 Å². The first-order valence-electron chi connectivity index (χ1n) is 10.1. The van der Waals surface area contributed by atoms with Crippen LogP contribution in [0.3, 0.4) is 0 Å². The number of aliphatic hydroxyl groups excluding tert-OH is 2. The van der Waals surface area contributed by atoms with Crippen LogP contribution in [0.25, 0.3) is 11.4 Å². The van der Waals surface area contributed by atoms with Gasteiger partial charge in [0.1, 0.15) is 5.82 Å². The zero-order valence-corrected chi connectivity index (χ0v) is 16.5. The Kier molecular flexibility index (Phi) is 6.42. The maximum atomic E-state index is 14.1. The number of benzene rings is 1. The summed E-state index contributed by atoms with van der Waals surface area (Å²) in [5.74, 6) is -0.284. The van der Waals surface area contributed by atoms with Gasteiger partial charge < -0.3 is 15.5 Å². The number of nitrogens with zero attached hydrogens (tertiary/aromatic N) is 3. The van der Waals surface area contributed by atoms with E-state index in [-0.39, 0.29) is 30.3 Å². The summed E-state index contributed by atoms with van der Waals surface area (Å²) in [6.07, 6.45) is 5.69. The normalized spacial score (nSPS) is 23.6. The Bertz CT molecular complexity index is 972. The summed E-state index contributed by atoms with van der Waals surface area (Å²) < 4.78 is 14.1. The molecule has 2 aromatic heterocycles. The van der Waals surface area contributed by atoms with E-state index < -0.39 is 6.10 Å². The molecule has 1 aromatic carbocycles. The van der Waals surface area contributed by atoms with E-state index in [1.54, 1.807) is 30.6 Å². The van der Waals surface area contributed by atoms with Crippen molar-refractivity contribution in [2.24, 2.45) is 11.8 Å². The van der Waals surface area contributed by atoms with Gasteiger partial charge in [0, 0.05) is 49.4 Å². The minimum absolute atomic E-state index is 0.00922. The van der Waals surface area contributed by atoms with Gasteiger partial charge in [-0.3, -0.25) is 4.98 Å². The molecule has 4 atom stereocenters. The summed E-state index contributed by atoms with van der Waals surface area (Å²) in [5, 5.41) is 23.9. The Morgan fingerprint density at radius 2 is 1.93 bits per heavy atom. The first-order chi connectivity index (χ1) is 14.7. The number of rotatable bonds is 7. The van der Waals surface area contributed by atoms with Crippen LogP contribution >= 0.6 is 0 Å². The average molecular weight is 408 g/mol. The Balaban J connectivity index is 1.53. The van der Waals surface area contributed by atoms with Crippen molar-refractivity contribution in [1.29, 1.82) is 0 Å². The van der Waals surface area contributed by atoms with Gasteiger partial charge in [-0.25, -0.2) is 14.4 Å². The molecule has 3 aromatic rings. The number of nitrogens with one attached hydrogen (secondary N) is 1. The molecule has 4 unspecified atom stereocenters. The van der Waals surface area contributed by atoms with Gasteiger partial charge in [-0.15, -0.1) is 0 Å². The Morgan fingerprint density at radius 1 is 1.07 bits per heavy atom. The first-order valence-corrected chi connectivity index (χ1v) is 10.1. The third kappa shape index (κ3) is 4.53. The average Bonchev–Trinajstić information content (AvgIpc) is 3.07. The highest BCUT2D eigenvalue weighted by molar-refractivity contribution is 5.55. The number of halogens is 1. The molecule has 6 nitrogen and oxygen atoms in total. The molecule has 0 aliphatic heterocycles. The van der Waals surface area contributed by atoms with Crippen molar-refractivity contribution in [3.8, 4) is 11.4 Å². The van der Waals surface area contributed by atoms with Crippen LogP contribution in [0, 0.1) is 17.7 Å². The Hall–Kier alpha value is -2.74. The van der Waals surface area contributed by atoms with E-state index in [0.29, 0.717) is 30.8 Å². The van der Waals surface area contributed by atoms with Crippen LogP contribution in [0.5, 0.6) is 0 Å². The second kappa shape index (κ2) is 9.38. The third-order valence-corrected chi connectivity index (χ3v) is 5.83. The molecule has 0 spiro atoms. The molecule has 0 radical (unpaired) electrons. The van der Waals surface area contributed by atoms with E-state index in [1.165, 1.54) is 6.07 Å². The molecule has 1 aliphatic rings. The van der Waals surface area contributed by atoms with E-state index >= 15 is 0 Å². The van der Waals surface area contributed by atoms with Gasteiger partial charge >= 0.3 is 0 Å². The van der Waals surface area contributed by atoms with Crippen molar-refractivity contribution in [1.82, 2.24) is 20.3 Å². The molecular formula is C23H25FN4O2. The molecule has 1 fully saturated rings. The van der Waals surface area contributed by atoms with E-state index in [0.717, 1.165) is 11.3 Å². The summed E-state index contributed by atoms with van der Waals surface area (Å²) >= 11 is 0. The number of hydrogen-bond donors (Lipinski definition) is 3. The lowest BCUT2D eigenvalue weighted by Crippen LogP contribution is -2.36. The predicted octanol–water partition coefficient (Wildman–Crippen LogP) is 2.37. The maximum absolute atomic E-state index is 14.1. The highest BCUT2D eigenvalue weighted by Gasteiger charge is 2.42. The number of hydrogen-bond acceptors (Lipinski definition) is 6. The zero-order valence-electron chi connectivity index (χ0n) is 16.5. The largest absolute Gasteiger partial charge is 0.396 e. The summed E-state index contributed by atoms with van der Waals surface area (Å²) in [6, 6.07) is 12.1. The smallest absolute Gasteiger partial charge is 0.162 e. The highest BCUT2D eigenvalue weighted by atomic mass is 19.1. The lowest BCUT2D eigenvalue weighted by Gasteiger charge is -2.25. The van der Waals surface area contributed by atoms with Gasteiger partial charge in [-0.05, 0) is 48.6 Å². The molecule has 2 heterocycles. The van der Waals surface area contributed by atoms with Crippen molar-refractivity contribution in [2.75, 3.05) is 6.61 Å². The van der Waals surface area contributed by atoms with E-state index in [4.69, 9.17) is 0 Å². The van der Waals surface area contributed by atoms with Crippen LogP contribution in [0.4, 0.5) is 4.39 Å². The molecule has 1 aliphatic carbocycles. The quantitative estimate of drug-likeness (QED) is 0.556. The second-order valence-electron chi connectivity index (χ2n) is 7.72. The van der Waals surface area contributed by atoms with Crippen molar-refractivity contribution >= 4 is 0 Å². The minimum Gasteiger partial charge on any atom is -0.396 e. The second-order valence-corrected chi connectivity index (χ2v) is 7.72. The summed E-state index contributed by atoms with van der Waals surface area (Å²) in [5.41, 5.74) is 2.17. The molecule has 7 heteroatoms. The van der Waals surface area contributed by atoms with Crippen LogP contribution in [0.1, 0.15) is 17.7 Å². The number of pyridine rings is 1. The Morgan fingerprint density at radius 3 is 2.70 bits per heavy atom. The van der Waals surface area contributed by atoms with Crippen LogP contribution in [-0.2, 0) is 13.0 Å². The summed E-state index contributed by atoms with van der Waals surface area (Å²) in [7, 11) is 0. The molecule has 30 heavy (non-hydrogen) atoms. The highest BCUT2D eigenvalue weighted by Crippen LogP contribution is 2.35. The van der Waals surface area contributed by atoms with Gasteiger partial charge in [0.15, 0.2) is 5.82 Å². The number of aliphatic hydroxyl groups is 2. The molecule has 156 valence electrons. The molecule has 4 rings (SSSR count). The van der Waals surface area contributed by atoms with Gasteiger partial charge in [0.25, 0.3) is 0 Å². The van der Waals surface area contributed by atoms with Crippen LogP contribution in [0.15, 0.2) is 61.1 Å². The van der Waals surface area contributed by atoms with Gasteiger partial charge in [-0.2, -0.15) is 0 Å². The monoisotopic (exact) mass is 408 g/mol. The van der Waals surface area contributed by atoms with E-state index in [1.807, 2.05) is 24.4 Å². The van der Waals surface area contributed by atoms with Gasteiger partial charge in [0.2, 0.25) is 0 Å². The van der Waals surface area contributed by atoms with Gasteiger partial charge in [-0.1, -0.05) is 18.2 Å². The zero-order chi connectivity index (χ0) is 20.9. The molecular weight excluding hydrogens is 383 g/mol.